The van der Waals surface area contributed by atoms with Crippen LogP contribution in [0.2, 0.25) is 0 Å². The Morgan fingerprint density at radius 1 is 1.07 bits per heavy atom. The summed E-state index contributed by atoms with van der Waals surface area (Å²) in [5, 5.41) is 29.8. The third-order valence-corrected chi connectivity index (χ3v) is 4.13. The quantitative estimate of drug-likeness (QED) is 0.583. The molecule has 0 spiro atoms. The van der Waals surface area contributed by atoms with E-state index in [1.54, 1.807) is 0 Å². The van der Waals surface area contributed by atoms with Crippen LogP contribution in [0, 0.1) is 11.8 Å². The third-order valence-electron chi connectivity index (χ3n) is 4.13. The van der Waals surface area contributed by atoms with Gasteiger partial charge >= 0.3 is 0 Å². The summed E-state index contributed by atoms with van der Waals surface area (Å²) in [6.07, 6.45) is 3.04. The van der Waals surface area contributed by atoms with E-state index in [-0.39, 0.29) is 11.8 Å². The Morgan fingerprint density at radius 2 is 1.64 bits per heavy atom. The fourth-order valence-corrected chi connectivity index (χ4v) is 3.15. The predicted octanol–water partition coefficient (Wildman–Crippen LogP) is 0.669. The normalized spacial score (nSPS) is 47.1. The van der Waals surface area contributed by atoms with E-state index in [4.69, 9.17) is 0 Å². The summed E-state index contributed by atoms with van der Waals surface area (Å²) < 4.78 is 0. The van der Waals surface area contributed by atoms with Crippen molar-refractivity contribution < 1.29 is 15.3 Å². The molecule has 2 rings (SSSR count). The maximum atomic E-state index is 10.3. The van der Waals surface area contributed by atoms with Crippen molar-refractivity contribution >= 4 is 0 Å². The Kier molecular flexibility index (Phi) is 2.58. The molecule has 0 saturated heterocycles. The maximum absolute atomic E-state index is 10.3. The number of aliphatic hydroxyl groups is 3. The molecule has 0 radical (unpaired) electrons. The summed E-state index contributed by atoms with van der Waals surface area (Å²) in [7, 11) is 0. The van der Waals surface area contributed by atoms with Crippen LogP contribution in [0.15, 0.2) is 0 Å². The van der Waals surface area contributed by atoms with Gasteiger partial charge in [0, 0.05) is 5.92 Å². The van der Waals surface area contributed by atoms with Gasteiger partial charge < -0.3 is 15.3 Å². The molecule has 0 heterocycles. The summed E-state index contributed by atoms with van der Waals surface area (Å²) in [6, 6.07) is 0. The molecule has 0 amide bonds. The monoisotopic (exact) mass is 200 g/mol. The van der Waals surface area contributed by atoms with Gasteiger partial charge in [0.1, 0.15) is 0 Å². The Bertz CT molecular complexity index is 211. The lowest BCUT2D eigenvalue weighted by Gasteiger charge is -2.32. The van der Waals surface area contributed by atoms with Crippen molar-refractivity contribution in [2.45, 2.75) is 56.8 Å². The standard InChI is InChI=1S/C11H20O3/c1-7-6-8(10(13)9(7)12)11(14)4-2-3-5-11/h7-10,12-14H,2-6H2,1H3/t7-,8+,9+,10-/m1/s1. The topological polar surface area (TPSA) is 60.7 Å². The SMILES string of the molecule is C[C@@H]1C[C@H](C2(O)CCCC2)[C@@H](O)[C@H]1O. The van der Waals surface area contributed by atoms with Gasteiger partial charge in [0.05, 0.1) is 17.8 Å². The summed E-state index contributed by atoms with van der Waals surface area (Å²) in [6.45, 7) is 1.94. The minimum Gasteiger partial charge on any atom is -0.390 e. The predicted molar refractivity (Wildman–Crippen MR) is 52.7 cm³/mol. The lowest BCUT2D eigenvalue weighted by atomic mass is 9.83. The Morgan fingerprint density at radius 3 is 2.07 bits per heavy atom. The van der Waals surface area contributed by atoms with Gasteiger partial charge in [-0.15, -0.1) is 0 Å². The van der Waals surface area contributed by atoms with Crippen LogP contribution >= 0.6 is 0 Å². The zero-order valence-electron chi connectivity index (χ0n) is 8.69. The van der Waals surface area contributed by atoms with Crippen molar-refractivity contribution in [1.82, 2.24) is 0 Å². The smallest absolute Gasteiger partial charge is 0.0857 e. The second kappa shape index (κ2) is 3.47. The molecule has 82 valence electrons. The zero-order chi connectivity index (χ0) is 10.3. The summed E-state index contributed by atoms with van der Waals surface area (Å²) in [5.74, 6) is -0.00498. The van der Waals surface area contributed by atoms with Gasteiger partial charge in [-0.25, -0.2) is 0 Å². The molecule has 0 aromatic rings. The second-order valence-corrected chi connectivity index (χ2v) is 5.11. The lowest BCUT2D eigenvalue weighted by molar-refractivity contribution is -0.0772. The van der Waals surface area contributed by atoms with Crippen molar-refractivity contribution in [3.05, 3.63) is 0 Å². The average molecular weight is 200 g/mol. The van der Waals surface area contributed by atoms with E-state index < -0.39 is 17.8 Å². The third kappa shape index (κ3) is 1.47. The van der Waals surface area contributed by atoms with Crippen molar-refractivity contribution in [1.29, 1.82) is 0 Å². The fraction of sp³-hybridized carbons (Fsp3) is 1.00. The Balaban J connectivity index is 2.11. The van der Waals surface area contributed by atoms with Crippen molar-refractivity contribution in [2.24, 2.45) is 11.8 Å². The zero-order valence-corrected chi connectivity index (χ0v) is 8.69. The highest BCUT2D eigenvalue weighted by molar-refractivity contribution is 5.01. The number of aliphatic hydroxyl groups excluding tert-OH is 2. The average Bonchev–Trinajstić information content (AvgIpc) is 2.67. The number of hydrogen-bond acceptors (Lipinski definition) is 3. The van der Waals surface area contributed by atoms with Crippen LogP contribution in [0.3, 0.4) is 0 Å². The summed E-state index contributed by atoms with van der Waals surface area (Å²) in [4.78, 5) is 0. The van der Waals surface area contributed by atoms with Crippen molar-refractivity contribution in [2.75, 3.05) is 0 Å². The van der Waals surface area contributed by atoms with Crippen LogP contribution in [-0.4, -0.2) is 33.1 Å². The molecular weight excluding hydrogens is 180 g/mol. The van der Waals surface area contributed by atoms with E-state index in [1.165, 1.54) is 0 Å². The molecule has 2 aliphatic carbocycles. The molecule has 2 aliphatic rings. The van der Waals surface area contributed by atoms with Crippen LogP contribution in [0.25, 0.3) is 0 Å². The highest BCUT2D eigenvalue weighted by atomic mass is 16.3. The largest absolute Gasteiger partial charge is 0.390 e. The first kappa shape index (κ1) is 10.4. The molecule has 0 aromatic carbocycles. The van der Waals surface area contributed by atoms with Gasteiger partial charge in [0.25, 0.3) is 0 Å². The van der Waals surface area contributed by atoms with Gasteiger partial charge in [-0.2, -0.15) is 0 Å². The van der Waals surface area contributed by atoms with Crippen LogP contribution in [-0.2, 0) is 0 Å². The molecule has 2 saturated carbocycles. The maximum Gasteiger partial charge on any atom is 0.0857 e. The summed E-state index contributed by atoms with van der Waals surface area (Å²) >= 11 is 0. The van der Waals surface area contributed by atoms with E-state index >= 15 is 0 Å². The molecule has 2 fully saturated rings. The molecule has 3 N–H and O–H groups in total. The Labute approximate surface area is 84.8 Å². The minimum atomic E-state index is -0.729. The minimum absolute atomic E-state index is 0.111. The first-order valence-corrected chi connectivity index (χ1v) is 5.63. The molecular formula is C11H20O3. The molecule has 4 atom stereocenters. The first-order chi connectivity index (χ1) is 6.54. The fourth-order valence-electron chi connectivity index (χ4n) is 3.15. The first-order valence-electron chi connectivity index (χ1n) is 5.63. The number of rotatable bonds is 1. The number of hydrogen-bond donors (Lipinski definition) is 3. The molecule has 0 unspecified atom stereocenters. The lowest BCUT2D eigenvalue weighted by Crippen LogP contribution is -2.42. The molecule has 14 heavy (non-hydrogen) atoms. The van der Waals surface area contributed by atoms with Gasteiger partial charge in [-0.1, -0.05) is 19.8 Å². The van der Waals surface area contributed by atoms with Crippen LogP contribution in [0.1, 0.15) is 39.0 Å². The van der Waals surface area contributed by atoms with Gasteiger partial charge in [0.15, 0.2) is 0 Å². The van der Waals surface area contributed by atoms with Crippen LogP contribution < -0.4 is 0 Å². The molecule has 0 bridgehead atoms. The van der Waals surface area contributed by atoms with E-state index in [9.17, 15) is 15.3 Å². The van der Waals surface area contributed by atoms with E-state index in [0.717, 1.165) is 32.1 Å². The van der Waals surface area contributed by atoms with Crippen LogP contribution in [0.4, 0.5) is 0 Å². The molecule has 3 heteroatoms. The highest BCUT2D eigenvalue weighted by Gasteiger charge is 2.50. The van der Waals surface area contributed by atoms with Gasteiger partial charge in [0.2, 0.25) is 0 Å². The summed E-state index contributed by atoms with van der Waals surface area (Å²) in [5.41, 5.74) is -0.703. The molecule has 0 aliphatic heterocycles. The van der Waals surface area contributed by atoms with Crippen molar-refractivity contribution in [3.8, 4) is 0 Å². The highest BCUT2D eigenvalue weighted by Crippen LogP contribution is 2.45. The van der Waals surface area contributed by atoms with E-state index in [1.807, 2.05) is 6.92 Å². The van der Waals surface area contributed by atoms with Gasteiger partial charge in [-0.05, 0) is 25.2 Å². The molecule has 0 aromatic heterocycles. The molecule has 3 nitrogen and oxygen atoms in total. The van der Waals surface area contributed by atoms with Gasteiger partial charge in [-0.3, -0.25) is 0 Å². The van der Waals surface area contributed by atoms with Crippen molar-refractivity contribution in [3.63, 3.8) is 0 Å². The van der Waals surface area contributed by atoms with Crippen LogP contribution in [0.5, 0.6) is 0 Å². The van der Waals surface area contributed by atoms with E-state index in [0.29, 0.717) is 0 Å². The Hall–Kier alpha value is -0.120. The van der Waals surface area contributed by atoms with E-state index in [2.05, 4.69) is 0 Å². The second-order valence-electron chi connectivity index (χ2n) is 5.11.